The summed E-state index contributed by atoms with van der Waals surface area (Å²) in [4.78, 5) is 35.8. The van der Waals surface area contributed by atoms with Crippen LogP contribution in [0.1, 0.15) is 31.1 Å². The monoisotopic (exact) mass is 337 g/mol. The first-order valence-electron chi connectivity index (χ1n) is 7.90. The molecule has 24 heavy (non-hydrogen) atoms. The predicted molar refractivity (Wildman–Crippen MR) is 87.9 cm³/mol. The minimum absolute atomic E-state index is 0.0607. The van der Waals surface area contributed by atoms with Gasteiger partial charge in [-0.1, -0.05) is 0 Å². The second kappa shape index (κ2) is 9.67. The summed E-state index contributed by atoms with van der Waals surface area (Å²) in [6.45, 7) is 6.03. The van der Waals surface area contributed by atoms with Crippen molar-refractivity contribution in [2.24, 2.45) is 0 Å². The van der Waals surface area contributed by atoms with Crippen molar-refractivity contribution in [2.75, 3.05) is 26.7 Å². The zero-order valence-electron chi connectivity index (χ0n) is 14.5. The predicted octanol–water partition coefficient (Wildman–Crippen LogP) is -0.192. The van der Waals surface area contributed by atoms with Gasteiger partial charge in [-0.2, -0.15) is 0 Å². The van der Waals surface area contributed by atoms with Crippen molar-refractivity contribution in [3.63, 3.8) is 0 Å². The molecule has 1 atom stereocenters. The number of benzene rings is 1. The zero-order valence-corrected chi connectivity index (χ0v) is 14.5. The lowest BCUT2D eigenvalue weighted by Gasteiger charge is -2.14. The summed E-state index contributed by atoms with van der Waals surface area (Å²) >= 11 is 0. The molecule has 0 spiro atoms. The van der Waals surface area contributed by atoms with E-state index < -0.39 is 11.9 Å². The molecule has 0 aliphatic rings. The molecule has 0 aliphatic heterocycles. The van der Waals surface area contributed by atoms with Crippen LogP contribution in [0.15, 0.2) is 24.3 Å². The number of likely N-dealkylation sites (N-methyl/N-ethyl adjacent to an activating group) is 1. The van der Waals surface area contributed by atoms with E-state index in [0.717, 1.165) is 4.90 Å². The lowest BCUT2D eigenvalue weighted by molar-refractivity contribution is -0.863. The van der Waals surface area contributed by atoms with E-state index in [-0.39, 0.29) is 25.0 Å². The van der Waals surface area contributed by atoms with Gasteiger partial charge in [-0.25, -0.2) is 9.59 Å². The number of ether oxygens (including phenoxy) is 2. The van der Waals surface area contributed by atoms with E-state index >= 15 is 0 Å². The van der Waals surface area contributed by atoms with Crippen LogP contribution in [0.4, 0.5) is 0 Å². The maximum absolute atomic E-state index is 11.9. The summed E-state index contributed by atoms with van der Waals surface area (Å²) in [6.07, 6.45) is 0. The number of carbonyl (C=O) groups is 3. The van der Waals surface area contributed by atoms with Crippen molar-refractivity contribution in [1.29, 1.82) is 0 Å². The van der Waals surface area contributed by atoms with Gasteiger partial charge < -0.3 is 19.7 Å². The van der Waals surface area contributed by atoms with Crippen LogP contribution in [-0.2, 0) is 14.3 Å². The van der Waals surface area contributed by atoms with Crippen LogP contribution < -0.4 is 15.0 Å². The Morgan fingerprint density at radius 2 is 1.75 bits per heavy atom. The minimum atomic E-state index is -0.450. The Balaban J connectivity index is 2.47. The highest BCUT2D eigenvalue weighted by molar-refractivity contribution is 5.89. The van der Waals surface area contributed by atoms with E-state index in [2.05, 4.69) is 5.32 Å². The van der Waals surface area contributed by atoms with E-state index in [0.29, 0.717) is 17.9 Å². The molecule has 0 heterocycles. The minimum Gasteiger partial charge on any atom is -0.462 e. The Labute approximate surface area is 141 Å². The first-order chi connectivity index (χ1) is 11.3. The number of hydrogen-bond donors (Lipinski definition) is 2. The lowest BCUT2D eigenvalue weighted by atomic mass is 10.2. The number of nitrogens with one attached hydrogen (secondary N) is 2. The number of hydrogen-bond acceptors (Lipinski definition) is 5. The van der Waals surface area contributed by atoms with Crippen LogP contribution >= 0.6 is 0 Å². The third-order valence-corrected chi connectivity index (χ3v) is 2.96. The molecule has 1 amide bonds. The molecule has 2 N–H and O–H groups in total. The van der Waals surface area contributed by atoms with Crippen molar-refractivity contribution < 1.29 is 28.8 Å². The molecule has 0 radical (unpaired) electrons. The number of esters is 2. The molecule has 0 bridgehead atoms. The molecule has 0 aromatic heterocycles. The Hall–Kier alpha value is -2.41. The summed E-state index contributed by atoms with van der Waals surface area (Å²) < 4.78 is 10.1. The van der Waals surface area contributed by atoms with Crippen molar-refractivity contribution in [2.45, 2.75) is 26.8 Å². The van der Waals surface area contributed by atoms with Gasteiger partial charge in [0.15, 0.2) is 13.1 Å². The molecule has 0 saturated heterocycles. The van der Waals surface area contributed by atoms with Crippen LogP contribution in [-0.4, -0.2) is 50.6 Å². The first-order valence-corrected chi connectivity index (χ1v) is 7.90. The molecule has 0 saturated carbocycles. The Morgan fingerprint density at radius 1 is 1.12 bits per heavy atom. The third-order valence-electron chi connectivity index (χ3n) is 2.96. The fourth-order valence-electron chi connectivity index (χ4n) is 2.00. The normalized spacial score (nSPS) is 11.7. The quantitative estimate of drug-likeness (QED) is 0.507. The summed E-state index contributed by atoms with van der Waals surface area (Å²) in [7, 11) is 1.74. The average Bonchev–Trinajstić information content (AvgIpc) is 2.46. The second-order valence-corrected chi connectivity index (χ2v) is 5.75. The molecular weight excluding hydrogens is 312 g/mol. The lowest BCUT2D eigenvalue weighted by Crippen LogP contribution is -3.11. The van der Waals surface area contributed by atoms with Gasteiger partial charge in [0.1, 0.15) is 5.75 Å². The van der Waals surface area contributed by atoms with Crippen LogP contribution in [0.5, 0.6) is 5.75 Å². The Morgan fingerprint density at radius 3 is 2.29 bits per heavy atom. The SMILES string of the molecule is CCOC(=O)c1ccc(OC(=O)C[NH+](C)CC(=O)NC(C)C)cc1. The second-order valence-electron chi connectivity index (χ2n) is 5.75. The van der Waals surface area contributed by atoms with Crippen molar-refractivity contribution in [1.82, 2.24) is 5.32 Å². The van der Waals surface area contributed by atoms with Gasteiger partial charge in [0.2, 0.25) is 0 Å². The van der Waals surface area contributed by atoms with Gasteiger partial charge in [0.25, 0.3) is 5.91 Å². The van der Waals surface area contributed by atoms with Crippen LogP contribution in [0.3, 0.4) is 0 Å². The maximum atomic E-state index is 11.9. The van der Waals surface area contributed by atoms with Gasteiger partial charge in [0.05, 0.1) is 19.2 Å². The number of carbonyl (C=O) groups excluding carboxylic acids is 3. The highest BCUT2D eigenvalue weighted by Gasteiger charge is 2.16. The van der Waals surface area contributed by atoms with Crippen molar-refractivity contribution >= 4 is 17.8 Å². The maximum Gasteiger partial charge on any atom is 0.367 e. The largest absolute Gasteiger partial charge is 0.462 e. The fourth-order valence-corrected chi connectivity index (χ4v) is 2.00. The highest BCUT2D eigenvalue weighted by atomic mass is 16.5. The van der Waals surface area contributed by atoms with E-state index in [4.69, 9.17) is 9.47 Å². The van der Waals surface area contributed by atoms with Gasteiger partial charge in [-0.05, 0) is 45.0 Å². The van der Waals surface area contributed by atoms with E-state index in [9.17, 15) is 14.4 Å². The molecule has 0 fully saturated rings. The van der Waals surface area contributed by atoms with Crippen LogP contribution in [0.25, 0.3) is 0 Å². The van der Waals surface area contributed by atoms with Crippen LogP contribution in [0, 0.1) is 0 Å². The molecule has 7 nitrogen and oxygen atoms in total. The topological polar surface area (TPSA) is 86.1 Å². The summed E-state index contributed by atoms with van der Waals surface area (Å²) in [6, 6.07) is 6.20. The van der Waals surface area contributed by atoms with Crippen molar-refractivity contribution in [3.8, 4) is 5.75 Å². The average molecular weight is 337 g/mol. The van der Waals surface area contributed by atoms with Gasteiger partial charge in [-0.15, -0.1) is 0 Å². The molecule has 7 heteroatoms. The fraction of sp³-hybridized carbons (Fsp3) is 0.471. The molecule has 0 aliphatic carbocycles. The van der Waals surface area contributed by atoms with E-state index in [1.165, 1.54) is 24.3 Å². The summed E-state index contributed by atoms with van der Waals surface area (Å²) in [5.74, 6) is -0.647. The number of quaternary nitrogens is 1. The standard InChI is InChI=1S/C17H24N2O5/c1-5-23-17(22)13-6-8-14(9-7-13)24-16(21)11-19(4)10-15(20)18-12(2)3/h6-9,12H,5,10-11H2,1-4H3,(H,18,20)/p+1. The summed E-state index contributed by atoms with van der Waals surface area (Å²) in [5, 5.41) is 2.77. The van der Waals surface area contributed by atoms with Gasteiger partial charge in [-0.3, -0.25) is 4.79 Å². The van der Waals surface area contributed by atoms with E-state index in [1.807, 2.05) is 13.8 Å². The highest BCUT2D eigenvalue weighted by Crippen LogP contribution is 2.13. The van der Waals surface area contributed by atoms with Crippen LogP contribution in [0.2, 0.25) is 0 Å². The molecule has 1 unspecified atom stereocenters. The molecule has 1 aromatic rings. The molecular formula is C17H25N2O5+. The smallest absolute Gasteiger partial charge is 0.367 e. The number of amides is 1. The third kappa shape index (κ3) is 7.23. The first kappa shape index (κ1) is 19.6. The van der Waals surface area contributed by atoms with Crippen molar-refractivity contribution in [3.05, 3.63) is 29.8 Å². The van der Waals surface area contributed by atoms with Gasteiger partial charge in [0, 0.05) is 6.04 Å². The van der Waals surface area contributed by atoms with Gasteiger partial charge >= 0.3 is 11.9 Å². The molecule has 1 aromatic carbocycles. The summed E-state index contributed by atoms with van der Waals surface area (Å²) in [5.41, 5.74) is 0.393. The number of rotatable bonds is 8. The van der Waals surface area contributed by atoms with E-state index in [1.54, 1.807) is 14.0 Å². The molecule has 132 valence electrons. The Bertz CT molecular complexity index is 569. The Kier molecular flexibility index (Phi) is 7.91. The molecule has 1 rings (SSSR count). The zero-order chi connectivity index (χ0) is 18.1.